The summed E-state index contributed by atoms with van der Waals surface area (Å²) in [4.78, 5) is 11.7. The van der Waals surface area contributed by atoms with E-state index in [1.54, 1.807) is 0 Å². The Hall–Kier alpha value is -1.31. The maximum absolute atomic E-state index is 11.7. The molecule has 1 heterocycles. The van der Waals surface area contributed by atoms with Crippen molar-refractivity contribution >= 4 is 5.91 Å². The summed E-state index contributed by atoms with van der Waals surface area (Å²) in [6.07, 6.45) is 7.76. The van der Waals surface area contributed by atoms with Crippen molar-refractivity contribution < 1.29 is 4.79 Å². The molecule has 0 bridgehead atoms. The van der Waals surface area contributed by atoms with Crippen LogP contribution in [0.25, 0.3) is 0 Å². The minimum atomic E-state index is 0.0986. The van der Waals surface area contributed by atoms with E-state index in [0.29, 0.717) is 0 Å². The molecule has 0 unspecified atom stereocenters. The molecule has 1 fully saturated rings. The molecule has 0 aromatic heterocycles. The molecule has 1 N–H and O–H groups in total. The van der Waals surface area contributed by atoms with Crippen LogP contribution in [0.2, 0.25) is 0 Å². The van der Waals surface area contributed by atoms with Crippen LogP contribution in [-0.4, -0.2) is 12.5 Å². The lowest BCUT2D eigenvalue weighted by Gasteiger charge is -2.24. The smallest absolute Gasteiger partial charge is 0.251 e. The zero-order valence-corrected chi connectivity index (χ0v) is 10.2. The second kappa shape index (κ2) is 4.52. The highest BCUT2D eigenvalue weighted by molar-refractivity contribution is 5.96. The van der Waals surface area contributed by atoms with E-state index in [9.17, 15) is 4.79 Å². The summed E-state index contributed by atoms with van der Waals surface area (Å²) in [6.45, 7) is 0.792. The summed E-state index contributed by atoms with van der Waals surface area (Å²) in [6, 6.07) is 6.47. The van der Waals surface area contributed by atoms with E-state index in [1.165, 1.54) is 43.2 Å². The van der Waals surface area contributed by atoms with Crippen molar-refractivity contribution in [1.29, 1.82) is 0 Å². The van der Waals surface area contributed by atoms with Crippen LogP contribution in [0.3, 0.4) is 0 Å². The van der Waals surface area contributed by atoms with Gasteiger partial charge in [0.05, 0.1) is 0 Å². The molecule has 2 aliphatic rings. The lowest BCUT2D eigenvalue weighted by Crippen LogP contribution is -2.31. The molecule has 2 heteroatoms. The van der Waals surface area contributed by atoms with Crippen LogP contribution in [0.1, 0.15) is 59.5 Å². The van der Waals surface area contributed by atoms with Gasteiger partial charge in [-0.15, -0.1) is 0 Å². The highest BCUT2D eigenvalue weighted by atomic mass is 16.1. The fraction of sp³-hybridized carbons (Fsp3) is 0.533. The van der Waals surface area contributed by atoms with Gasteiger partial charge in [-0.2, -0.15) is 0 Å². The van der Waals surface area contributed by atoms with E-state index in [-0.39, 0.29) is 5.91 Å². The first-order chi connectivity index (χ1) is 8.34. The molecule has 90 valence electrons. The normalized spacial score (nSPS) is 20.8. The molecule has 0 spiro atoms. The van der Waals surface area contributed by atoms with Gasteiger partial charge in [-0.1, -0.05) is 31.4 Å². The van der Waals surface area contributed by atoms with Gasteiger partial charge in [0.25, 0.3) is 5.91 Å². The topological polar surface area (TPSA) is 29.1 Å². The van der Waals surface area contributed by atoms with Crippen molar-refractivity contribution in [2.24, 2.45) is 0 Å². The monoisotopic (exact) mass is 229 g/mol. The van der Waals surface area contributed by atoms with Crippen molar-refractivity contribution in [2.45, 2.75) is 44.4 Å². The number of fused-ring (bicyclic) bond motifs is 1. The number of amides is 1. The Balaban J connectivity index is 1.89. The van der Waals surface area contributed by atoms with Crippen LogP contribution in [-0.2, 0) is 6.42 Å². The predicted octanol–water partition coefficient (Wildman–Crippen LogP) is 3.02. The first-order valence-corrected chi connectivity index (χ1v) is 6.75. The van der Waals surface area contributed by atoms with Crippen LogP contribution >= 0.6 is 0 Å². The average Bonchev–Trinajstić information content (AvgIpc) is 2.40. The van der Waals surface area contributed by atoms with E-state index in [1.807, 2.05) is 6.07 Å². The minimum Gasteiger partial charge on any atom is -0.352 e. The van der Waals surface area contributed by atoms with Crippen molar-refractivity contribution in [3.05, 3.63) is 34.9 Å². The highest BCUT2D eigenvalue weighted by Crippen LogP contribution is 2.33. The first-order valence-electron chi connectivity index (χ1n) is 6.75. The number of benzene rings is 1. The quantitative estimate of drug-likeness (QED) is 0.788. The standard InChI is InChI=1S/C15H19NO/c17-15-14-7-6-12(10-13(14)8-9-16-15)11-4-2-1-3-5-11/h6-7,10-11H,1-5,8-9H2,(H,16,17). The van der Waals surface area contributed by atoms with Gasteiger partial charge in [-0.25, -0.2) is 0 Å². The Kier molecular flexibility index (Phi) is 2.87. The lowest BCUT2D eigenvalue weighted by atomic mass is 9.82. The summed E-state index contributed by atoms with van der Waals surface area (Å²) >= 11 is 0. The molecule has 1 saturated carbocycles. The Bertz CT molecular complexity index is 433. The summed E-state index contributed by atoms with van der Waals surface area (Å²) in [5.74, 6) is 0.834. The summed E-state index contributed by atoms with van der Waals surface area (Å²) in [7, 11) is 0. The van der Waals surface area contributed by atoms with E-state index in [2.05, 4.69) is 17.4 Å². The van der Waals surface area contributed by atoms with Gasteiger partial charge in [0.2, 0.25) is 0 Å². The molecule has 0 saturated heterocycles. The van der Waals surface area contributed by atoms with Gasteiger partial charge >= 0.3 is 0 Å². The maximum atomic E-state index is 11.7. The summed E-state index contributed by atoms with van der Waals surface area (Å²) < 4.78 is 0. The van der Waals surface area contributed by atoms with Crippen LogP contribution < -0.4 is 5.32 Å². The van der Waals surface area contributed by atoms with Crippen molar-refractivity contribution in [2.75, 3.05) is 6.54 Å². The van der Waals surface area contributed by atoms with Crippen LogP contribution in [0, 0.1) is 0 Å². The Morgan fingerprint density at radius 2 is 1.94 bits per heavy atom. The molecule has 1 aromatic carbocycles. The predicted molar refractivity (Wildman–Crippen MR) is 68.3 cm³/mol. The number of carbonyl (C=O) groups is 1. The summed E-state index contributed by atoms with van der Waals surface area (Å²) in [5.41, 5.74) is 3.59. The second-order valence-corrected chi connectivity index (χ2v) is 5.26. The number of rotatable bonds is 1. The van der Waals surface area contributed by atoms with Crippen LogP contribution in [0.4, 0.5) is 0 Å². The third kappa shape index (κ3) is 2.08. The molecule has 1 amide bonds. The van der Waals surface area contributed by atoms with Gasteiger partial charge < -0.3 is 5.32 Å². The van der Waals surface area contributed by atoms with Gasteiger partial charge in [0.15, 0.2) is 0 Å². The second-order valence-electron chi connectivity index (χ2n) is 5.26. The van der Waals surface area contributed by atoms with Gasteiger partial charge in [0.1, 0.15) is 0 Å². The number of carbonyl (C=O) groups excluding carboxylic acids is 1. The Morgan fingerprint density at radius 3 is 2.76 bits per heavy atom. The van der Waals surface area contributed by atoms with Crippen molar-refractivity contribution in [3.63, 3.8) is 0 Å². The lowest BCUT2D eigenvalue weighted by molar-refractivity contribution is 0.0946. The molecular formula is C15H19NO. The molecule has 2 nitrogen and oxygen atoms in total. The van der Waals surface area contributed by atoms with E-state index in [0.717, 1.165) is 24.4 Å². The third-order valence-corrected chi connectivity index (χ3v) is 4.13. The minimum absolute atomic E-state index is 0.0986. The largest absolute Gasteiger partial charge is 0.352 e. The van der Waals surface area contributed by atoms with Gasteiger partial charge in [0, 0.05) is 12.1 Å². The van der Waals surface area contributed by atoms with Gasteiger partial charge in [-0.05, 0) is 42.4 Å². The van der Waals surface area contributed by atoms with Crippen LogP contribution in [0.15, 0.2) is 18.2 Å². The zero-order valence-electron chi connectivity index (χ0n) is 10.2. The van der Waals surface area contributed by atoms with Crippen molar-refractivity contribution in [1.82, 2.24) is 5.32 Å². The molecule has 3 rings (SSSR count). The molecule has 1 aromatic rings. The molecule has 1 aliphatic carbocycles. The zero-order chi connectivity index (χ0) is 11.7. The SMILES string of the molecule is O=C1NCCc2cc(C3CCCCC3)ccc21. The maximum Gasteiger partial charge on any atom is 0.251 e. The fourth-order valence-corrected chi connectivity index (χ4v) is 3.14. The number of hydrogen-bond acceptors (Lipinski definition) is 1. The average molecular weight is 229 g/mol. The van der Waals surface area contributed by atoms with E-state index in [4.69, 9.17) is 0 Å². The van der Waals surface area contributed by atoms with E-state index >= 15 is 0 Å². The Morgan fingerprint density at radius 1 is 1.12 bits per heavy atom. The molecule has 0 radical (unpaired) electrons. The van der Waals surface area contributed by atoms with Crippen molar-refractivity contribution in [3.8, 4) is 0 Å². The molecule has 0 atom stereocenters. The third-order valence-electron chi connectivity index (χ3n) is 4.13. The fourth-order valence-electron chi connectivity index (χ4n) is 3.14. The molecular weight excluding hydrogens is 210 g/mol. The van der Waals surface area contributed by atoms with Crippen LogP contribution in [0.5, 0.6) is 0 Å². The van der Waals surface area contributed by atoms with E-state index < -0.39 is 0 Å². The number of nitrogens with one attached hydrogen (secondary N) is 1. The molecule has 17 heavy (non-hydrogen) atoms. The van der Waals surface area contributed by atoms with Gasteiger partial charge in [-0.3, -0.25) is 4.79 Å². The Labute approximate surface area is 102 Å². The number of hydrogen-bond donors (Lipinski definition) is 1. The first kappa shape index (κ1) is 10.8. The summed E-state index contributed by atoms with van der Waals surface area (Å²) in [5, 5.41) is 2.90. The molecule has 1 aliphatic heterocycles. The highest BCUT2D eigenvalue weighted by Gasteiger charge is 2.20.